The minimum atomic E-state index is 0.774. The fourth-order valence-electron chi connectivity index (χ4n) is 2.86. The van der Waals surface area contributed by atoms with Gasteiger partial charge >= 0.3 is 0 Å². The van der Waals surface area contributed by atoms with Crippen LogP contribution < -0.4 is 5.32 Å². The summed E-state index contributed by atoms with van der Waals surface area (Å²) in [6, 6.07) is 9.78. The van der Waals surface area contributed by atoms with E-state index in [2.05, 4.69) is 29.6 Å². The van der Waals surface area contributed by atoms with Gasteiger partial charge in [-0.05, 0) is 49.3 Å². The van der Waals surface area contributed by atoms with Crippen molar-refractivity contribution in [2.24, 2.45) is 0 Å². The van der Waals surface area contributed by atoms with Gasteiger partial charge < -0.3 is 5.32 Å². The standard InChI is InChI=1S/C13H17N/c1-2-6-11-10(4-1)5-3-7-12(11)13-8-9-14-13/h1-2,4,6,12-14H,3,5,7-9H2. The van der Waals surface area contributed by atoms with Crippen molar-refractivity contribution < 1.29 is 0 Å². The number of nitrogens with one attached hydrogen (secondary N) is 1. The van der Waals surface area contributed by atoms with E-state index in [0.29, 0.717) is 0 Å². The van der Waals surface area contributed by atoms with Crippen molar-refractivity contribution in [3.8, 4) is 0 Å². The second-order valence-electron chi connectivity index (χ2n) is 4.55. The van der Waals surface area contributed by atoms with Gasteiger partial charge in [0.15, 0.2) is 0 Å². The van der Waals surface area contributed by atoms with Gasteiger partial charge in [0.05, 0.1) is 0 Å². The molecule has 1 nitrogen and oxygen atoms in total. The van der Waals surface area contributed by atoms with Gasteiger partial charge in [0.2, 0.25) is 0 Å². The lowest BCUT2D eigenvalue weighted by Gasteiger charge is -2.38. The van der Waals surface area contributed by atoms with Crippen LogP contribution in [0.4, 0.5) is 0 Å². The van der Waals surface area contributed by atoms with Gasteiger partial charge in [-0.15, -0.1) is 0 Å². The molecule has 1 aliphatic carbocycles. The first-order chi connectivity index (χ1) is 6.95. The van der Waals surface area contributed by atoms with Crippen LogP contribution in [-0.2, 0) is 6.42 Å². The molecule has 1 N–H and O–H groups in total. The Morgan fingerprint density at radius 2 is 2.00 bits per heavy atom. The van der Waals surface area contributed by atoms with E-state index in [1.165, 1.54) is 32.2 Å². The van der Waals surface area contributed by atoms with E-state index in [1.807, 2.05) is 0 Å². The quantitative estimate of drug-likeness (QED) is 0.712. The molecule has 0 radical (unpaired) electrons. The van der Waals surface area contributed by atoms with E-state index in [1.54, 1.807) is 11.1 Å². The Morgan fingerprint density at radius 3 is 2.79 bits per heavy atom. The Labute approximate surface area is 85.5 Å². The zero-order valence-electron chi connectivity index (χ0n) is 8.50. The Morgan fingerprint density at radius 1 is 1.14 bits per heavy atom. The minimum Gasteiger partial charge on any atom is -0.313 e. The summed E-state index contributed by atoms with van der Waals surface area (Å²) in [4.78, 5) is 0. The van der Waals surface area contributed by atoms with Crippen LogP contribution in [0, 0.1) is 0 Å². The van der Waals surface area contributed by atoms with Gasteiger partial charge in [0, 0.05) is 6.04 Å². The van der Waals surface area contributed by atoms with Crippen molar-refractivity contribution in [1.82, 2.24) is 5.32 Å². The summed E-state index contributed by atoms with van der Waals surface area (Å²) in [7, 11) is 0. The maximum absolute atomic E-state index is 3.56. The Kier molecular flexibility index (Phi) is 2.06. The van der Waals surface area contributed by atoms with Gasteiger partial charge in [-0.3, -0.25) is 0 Å². The van der Waals surface area contributed by atoms with Crippen molar-refractivity contribution in [3.63, 3.8) is 0 Å². The molecule has 0 amide bonds. The Hall–Kier alpha value is -0.820. The molecule has 0 bridgehead atoms. The van der Waals surface area contributed by atoms with Gasteiger partial charge in [-0.25, -0.2) is 0 Å². The van der Waals surface area contributed by atoms with Crippen LogP contribution in [0.3, 0.4) is 0 Å². The minimum absolute atomic E-state index is 0.774. The molecule has 74 valence electrons. The number of benzene rings is 1. The zero-order valence-corrected chi connectivity index (χ0v) is 8.50. The van der Waals surface area contributed by atoms with Crippen molar-refractivity contribution in [1.29, 1.82) is 0 Å². The van der Waals surface area contributed by atoms with Crippen LogP contribution in [0.5, 0.6) is 0 Å². The van der Waals surface area contributed by atoms with Crippen LogP contribution in [0.1, 0.15) is 36.3 Å². The average Bonchev–Trinajstić information content (AvgIpc) is 2.16. The Balaban J connectivity index is 1.93. The molecule has 1 aromatic carbocycles. The summed E-state index contributed by atoms with van der Waals surface area (Å²) in [6.45, 7) is 1.23. The molecular formula is C13H17N. The average molecular weight is 187 g/mol. The molecule has 1 fully saturated rings. The molecule has 2 atom stereocenters. The summed E-state index contributed by atoms with van der Waals surface area (Å²) in [5, 5.41) is 3.56. The summed E-state index contributed by atoms with van der Waals surface area (Å²) in [5.41, 5.74) is 3.22. The second kappa shape index (κ2) is 3.39. The topological polar surface area (TPSA) is 12.0 Å². The molecular weight excluding hydrogens is 170 g/mol. The molecule has 0 saturated carbocycles. The lowest BCUT2D eigenvalue weighted by atomic mass is 9.76. The van der Waals surface area contributed by atoms with Crippen LogP contribution in [0.2, 0.25) is 0 Å². The predicted molar refractivity (Wildman–Crippen MR) is 58.5 cm³/mol. The van der Waals surface area contributed by atoms with Crippen LogP contribution in [-0.4, -0.2) is 12.6 Å². The summed E-state index contributed by atoms with van der Waals surface area (Å²) < 4.78 is 0. The first-order valence-corrected chi connectivity index (χ1v) is 5.76. The van der Waals surface area contributed by atoms with Crippen molar-refractivity contribution in [2.45, 2.75) is 37.6 Å². The van der Waals surface area contributed by atoms with E-state index in [-0.39, 0.29) is 0 Å². The van der Waals surface area contributed by atoms with Gasteiger partial charge in [0.25, 0.3) is 0 Å². The number of aryl methyl sites for hydroxylation is 1. The van der Waals surface area contributed by atoms with Gasteiger partial charge in [0.1, 0.15) is 0 Å². The monoisotopic (exact) mass is 187 g/mol. The molecule has 1 heterocycles. The molecule has 2 aliphatic rings. The largest absolute Gasteiger partial charge is 0.313 e. The molecule has 1 saturated heterocycles. The molecule has 0 spiro atoms. The molecule has 3 rings (SSSR count). The van der Waals surface area contributed by atoms with Crippen molar-refractivity contribution in [3.05, 3.63) is 35.4 Å². The third-order valence-corrected chi connectivity index (χ3v) is 3.76. The highest BCUT2D eigenvalue weighted by Crippen LogP contribution is 2.36. The van der Waals surface area contributed by atoms with Crippen molar-refractivity contribution in [2.75, 3.05) is 6.54 Å². The SMILES string of the molecule is c1ccc2c(c1)CCCC2C1CCN1. The molecule has 1 aliphatic heterocycles. The lowest BCUT2D eigenvalue weighted by molar-refractivity contribution is 0.294. The van der Waals surface area contributed by atoms with E-state index in [0.717, 1.165) is 12.0 Å². The third-order valence-electron chi connectivity index (χ3n) is 3.76. The van der Waals surface area contributed by atoms with Crippen molar-refractivity contribution >= 4 is 0 Å². The maximum atomic E-state index is 3.56. The highest BCUT2D eigenvalue weighted by atomic mass is 15.0. The third kappa shape index (κ3) is 1.27. The lowest BCUT2D eigenvalue weighted by Crippen LogP contribution is -2.47. The first-order valence-electron chi connectivity index (χ1n) is 5.76. The van der Waals surface area contributed by atoms with E-state index >= 15 is 0 Å². The summed E-state index contributed by atoms with van der Waals surface area (Å²) >= 11 is 0. The van der Waals surface area contributed by atoms with Gasteiger partial charge in [-0.1, -0.05) is 24.3 Å². The normalized spacial score (nSPS) is 30.6. The second-order valence-corrected chi connectivity index (χ2v) is 4.55. The van der Waals surface area contributed by atoms with Gasteiger partial charge in [-0.2, -0.15) is 0 Å². The molecule has 0 aromatic heterocycles. The van der Waals surface area contributed by atoms with Crippen LogP contribution in [0.15, 0.2) is 24.3 Å². The summed E-state index contributed by atoms with van der Waals surface area (Å²) in [5.74, 6) is 0.800. The zero-order chi connectivity index (χ0) is 9.38. The van der Waals surface area contributed by atoms with Crippen LogP contribution in [0.25, 0.3) is 0 Å². The molecule has 1 heteroatoms. The smallest absolute Gasteiger partial charge is 0.0148 e. The van der Waals surface area contributed by atoms with E-state index < -0.39 is 0 Å². The fourth-order valence-corrected chi connectivity index (χ4v) is 2.86. The van der Waals surface area contributed by atoms with E-state index in [4.69, 9.17) is 0 Å². The highest BCUT2D eigenvalue weighted by Gasteiger charge is 2.30. The first kappa shape index (κ1) is 8.49. The summed E-state index contributed by atoms with van der Waals surface area (Å²) in [6.07, 6.45) is 5.42. The molecule has 14 heavy (non-hydrogen) atoms. The van der Waals surface area contributed by atoms with Crippen LogP contribution >= 0.6 is 0 Å². The molecule has 2 unspecified atom stereocenters. The number of fused-ring (bicyclic) bond motifs is 1. The van der Waals surface area contributed by atoms with E-state index in [9.17, 15) is 0 Å². The number of hydrogen-bond acceptors (Lipinski definition) is 1. The maximum Gasteiger partial charge on any atom is 0.0148 e. The fraction of sp³-hybridized carbons (Fsp3) is 0.538. The number of rotatable bonds is 1. The highest BCUT2D eigenvalue weighted by molar-refractivity contribution is 5.34. The Bertz CT molecular complexity index is 328. The predicted octanol–water partition coefficient (Wildman–Crippen LogP) is 2.47. The number of hydrogen-bond donors (Lipinski definition) is 1. The molecule has 1 aromatic rings.